The van der Waals surface area contributed by atoms with Gasteiger partial charge in [-0.05, 0) is 49.1 Å². The predicted octanol–water partition coefficient (Wildman–Crippen LogP) is 4.90. The molecular formula is C21H21Cl2NO3. The molecule has 6 heteroatoms. The fourth-order valence-electron chi connectivity index (χ4n) is 3.20. The molecule has 1 amide bonds. The molecule has 1 aliphatic heterocycles. The highest BCUT2D eigenvalue weighted by atomic mass is 35.5. The summed E-state index contributed by atoms with van der Waals surface area (Å²) in [5.41, 5.74) is 2.48. The summed E-state index contributed by atoms with van der Waals surface area (Å²) in [5.74, 6) is -0.395. The van der Waals surface area contributed by atoms with Gasteiger partial charge in [-0.15, -0.1) is 0 Å². The second kappa shape index (κ2) is 8.77. The quantitative estimate of drug-likeness (QED) is 0.679. The molecule has 0 bridgehead atoms. The first kappa shape index (κ1) is 19.7. The molecule has 4 nitrogen and oxygen atoms in total. The molecule has 0 radical (unpaired) electrons. The van der Waals surface area contributed by atoms with Gasteiger partial charge in [-0.2, -0.15) is 0 Å². The van der Waals surface area contributed by atoms with Gasteiger partial charge in [0.1, 0.15) is 6.61 Å². The van der Waals surface area contributed by atoms with Crippen LogP contribution in [0.25, 0.3) is 0 Å². The molecule has 0 unspecified atom stereocenters. The maximum Gasteiger partial charge on any atom is 0.309 e. The molecule has 0 N–H and O–H groups in total. The van der Waals surface area contributed by atoms with Crippen molar-refractivity contribution >= 4 is 35.1 Å². The van der Waals surface area contributed by atoms with E-state index < -0.39 is 0 Å². The number of carbonyl (C=O) groups is 2. The monoisotopic (exact) mass is 405 g/mol. The number of carbonyl (C=O) groups excluding carboxylic acids is 2. The van der Waals surface area contributed by atoms with Crippen molar-refractivity contribution in [2.24, 2.45) is 5.92 Å². The minimum atomic E-state index is -0.232. The lowest BCUT2D eigenvalue weighted by atomic mass is 9.96. The Morgan fingerprint density at radius 1 is 1.07 bits per heavy atom. The number of aryl methyl sites for hydroxylation is 1. The van der Waals surface area contributed by atoms with E-state index in [9.17, 15) is 9.59 Å². The van der Waals surface area contributed by atoms with Crippen LogP contribution in [-0.2, 0) is 16.1 Å². The van der Waals surface area contributed by atoms with Crippen molar-refractivity contribution in [3.63, 3.8) is 0 Å². The topological polar surface area (TPSA) is 46.6 Å². The smallest absolute Gasteiger partial charge is 0.309 e. The fourth-order valence-corrected chi connectivity index (χ4v) is 3.52. The SMILES string of the molecule is Cc1ccccc1C(=O)N1CCC(C(=O)OCc2ccc(Cl)c(Cl)c2)CC1. The molecule has 1 saturated heterocycles. The van der Waals surface area contributed by atoms with Gasteiger partial charge in [-0.1, -0.05) is 47.5 Å². The Morgan fingerprint density at radius 2 is 1.78 bits per heavy atom. The third kappa shape index (κ3) is 4.82. The molecule has 0 aromatic heterocycles. The van der Waals surface area contributed by atoms with E-state index in [-0.39, 0.29) is 24.4 Å². The molecule has 1 aliphatic rings. The van der Waals surface area contributed by atoms with E-state index in [1.165, 1.54) is 0 Å². The van der Waals surface area contributed by atoms with Crippen LogP contribution in [0.3, 0.4) is 0 Å². The number of halogens is 2. The number of likely N-dealkylation sites (tertiary alicyclic amines) is 1. The van der Waals surface area contributed by atoms with Crippen LogP contribution in [0.2, 0.25) is 10.0 Å². The van der Waals surface area contributed by atoms with Crippen LogP contribution in [0, 0.1) is 12.8 Å². The third-order valence-electron chi connectivity index (χ3n) is 4.86. The first-order valence-corrected chi connectivity index (χ1v) is 9.67. The number of rotatable bonds is 4. The summed E-state index contributed by atoms with van der Waals surface area (Å²) >= 11 is 11.9. The molecule has 0 spiro atoms. The highest BCUT2D eigenvalue weighted by molar-refractivity contribution is 6.42. The average Bonchev–Trinajstić information content (AvgIpc) is 2.68. The van der Waals surface area contributed by atoms with Crippen LogP contribution >= 0.6 is 23.2 Å². The number of nitrogens with zero attached hydrogens (tertiary/aromatic N) is 1. The van der Waals surface area contributed by atoms with E-state index in [1.807, 2.05) is 36.1 Å². The molecule has 142 valence electrons. The molecule has 1 fully saturated rings. The second-order valence-electron chi connectivity index (χ2n) is 6.74. The largest absolute Gasteiger partial charge is 0.461 e. The second-order valence-corrected chi connectivity index (χ2v) is 7.55. The Labute approximate surface area is 169 Å². The molecule has 1 heterocycles. The number of hydrogen-bond donors (Lipinski definition) is 0. The van der Waals surface area contributed by atoms with Crippen LogP contribution in [0.4, 0.5) is 0 Å². The van der Waals surface area contributed by atoms with Crippen molar-refractivity contribution in [1.82, 2.24) is 4.90 Å². The lowest BCUT2D eigenvalue weighted by molar-refractivity contribution is -0.151. The van der Waals surface area contributed by atoms with E-state index in [0.717, 1.165) is 16.7 Å². The maximum atomic E-state index is 12.7. The van der Waals surface area contributed by atoms with Crippen molar-refractivity contribution < 1.29 is 14.3 Å². The van der Waals surface area contributed by atoms with Crippen LogP contribution in [0.1, 0.15) is 34.3 Å². The molecule has 0 saturated carbocycles. The summed E-state index contributed by atoms with van der Waals surface area (Å²) in [6.07, 6.45) is 1.22. The first-order valence-electron chi connectivity index (χ1n) is 8.91. The minimum absolute atomic E-state index is 0.0238. The van der Waals surface area contributed by atoms with E-state index in [4.69, 9.17) is 27.9 Å². The minimum Gasteiger partial charge on any atom is -0.461 e. The molecular weight excluding hydrogens is 385 g/mol. The van der Waals surface area contributed by atoms with E-state index in [2.05, 4.69) is 0 Å². The molecule has 2 aromatic carbocycles. The van der Waals surface area contributed by atoms with Gasteiger partial charge in [-0.25, -0.2) is 0 Å². The summed E-state index contributed by atoms with van der Waals surface area (Å²) in [6.45, 7) is 3.21. The standard InChI is InChI=1S/C21H21Cl2NO3/c1-14-4-2-3-5-17(14)20(25)24-10-8-16(9-11-24)21(26)27-13-15-6-7-18(22)19(23)12-15/h2-7,12,16H,8-11,13H2,1H3. The zero-order valence-electron chi connectivity index (χ0n) is 15.1. The Balaban J connectivity index is 1.51. The summed E-state index contributed by atoms with van der Waals surface area (Å²) in [4.78, 5) is 26.8. The van der Waals surface area contributed by atoms with Gasteiger partial charge in [0.15, 0.2) is 0 Å². The predicted molar refractivity (Wildman–Crippen MR) is 106 cm³/mol. The summed E-state index contributed by atoms with van der Waals surface area (Å²) in [7, 11) is 0. The highest BCUT2D eigenvalue weighted by Crippen LogP contribution is 2.24. The van der Waals surface area contributed by atoms with Crippen molar-refractivity contribution in [3.8, 4) is 0 Å². The van der Waals surface area contributed by atoms with E-state index in [1.54, 1.807) is 18.2 Å². The van der Waals surface area contributed by atoms with E-state index >= 15 is 0 Å². The van der Waals surface area contributed by atoms with Gasteiger partial charge in [0.05, 0.1) is 16.0 Å². The summed E-state index contributed by atoms with van der Waals surface area (Å²) < 4.78 is 5.42. The zero-order chi connectivity index (χ0) is 19.4. The van der Waals surface area contributed by atoms with E-state index in [0.29, 0.717) is 36.0 Å². The highest BCUT2D eigenvalue weighted by Gasteiger charge is 2.29. The lowest BCUT2D eigenvalue weighted by Crippen LogP contribution is -2.40. The molecule has 27 heavy (non-hydrogen) atoms. The van der Waals surface area contributed by atoms with Crippen molar-refractivity contribution in [1.29, 1.82) is 0 Å². The average molecular weight is 406 g/mol. The maximum absolute atomic E-state index is 12.7. The molecule has 0 atom stereocenters. The normalized spacial score (nSPS) is 14.9. The molecule has 0 aliphatic carbocycles. The Morgan fingerprint density at radius 3 is 2.44 bits per heavy atom. The number of piperidine rings is 1. The number of ether oxygens (including phenoxy) is 1. The van der Waals surface area contributed by atoms with Gasteiger partial charge in [0.25, 0.3) is 5.91 Å². The molecule has 2 aromatic rings. The van der Waals surface area contributed by atoms with Crippen molar-refractivity contribution in [2.75, 3.05) is 13.1 Å². The summed E-state index contributed by atoms with van der Waals surface area (Å²) in [5, 5.41) is 0.908. The Kier molecular flexibility index (Phi) is 6.40. The fraction of sp³-hybridized carbons (Fsp3) is 0.333. The van der Waals surface area contributed by atoms with Gasteiger partial charge in [0, 0.05) is 18.7 Å². The third-order valence-corrected chi connectivity index (χ3v) is 5.60. The number of esters is 1. The van der Waals surface area contributed by atoms with Crippen LogP contribution in [0.5, 0.6) is 0 Å². The van der Waals surface area contributed by atoms with Gasteiger partial charge in [-0.3, -0.25) is 9.59 Å². The van der Waals surface area contributed by atoms with Crippen LogP contribution in [0.15, 0.2) is 42.5 Å². The van der Waals surface area contributed by atoms with Gasteiger partial charge < -0.3 is 9.64 Å². The zero-order valence-corrected chi connectivity index (χ0v) is 16.6. The van der Waals surface area contributed by atoms with Crippen LogP contribution in [-0.4, -0.2) is 29.9 Å². The molecule has 3 rings (SSSR count). The van der Waals surface area contributed by atoms with Gasteiger partial charge >= 0.3 is 5.97 Å². The Bertz CT molecular complexity index is 845. The summed E-state index contributed by atoms with van der Waals surface area (Å²) in [6, 6.07) is 12.7. The lowest BCUT2D eigenvalue weighted by Gasteiger charge is -2.31. The van der Waals surface area contributed by atoms with Crippen molar-refractivity contribution in [2.45, 2.75) is 26.4 Å². The number of hydrogen-bond acceptors (Lipinski definition) is 3. The Hall–Kier alpha value is -2.04. The number of benzene rings is 2. The van der Waals surface area contributed by atoms with Gasteiger partial charge in [0.2, 0.25) is 0 Å². The number of amides is 1. The first-order chi connectivity index (χ1) is 13.0. The van der Waals surface area contributed by atoms with Crippen molar-refractivity contribution in [3.05, 3.63) is 69.2 Å². The van der Waals surface area contributed by atoms with Crippen LogP contribution < -0.4 is 0 Å².